The van der Waals surface area contributed by atoms with E-state index in [0.717, 1.165) is 12.5 Å². The van der Waals surface area contributed by atoms with Gasteiger partial charge in [-0.2, -0.15) is 13.2 Å². The summed E-state index contributed by atoms with van der Waals surface area (Å²) in [6, 6.07) is 13.8. The Hall–Kier alpha value is -4.38. The molecule has 1 N–H and O–H groups in total. The zero-order chi connectivity index (χ0) is 28.0. The van der Waals surface area contributed by atoms with Gasteiger partial charge in [0.2, 0.25) is 5.89 Å². The molecule has 1 saturated carbocycles. The van der Waals surface area contributed by atoms with Crippen LogP contribution in [0.25, 0.3) is 45.1 Å². The van der Waals surface area contributed by atoms with Gasteiger partial charge in [0.15, 0.2) is 11.4 Å². The number of aromatic nitrogens is 4. The second kappa shape index (κ2) is 9.98. The SMILES string of the molecule is Cn1cnnc1-c1cc(F)ccc1-c1cccc(-c2nc3cc(CN=C4CCC[C@@H]4O)cc(C(F)(F)F)c3o2)c1. The highest BCUT2D eigenvalue weighted by Gasteiger charge is 2.35. The number of aliphatic imine (C=N–C) groups is 1. The van der Waals surface area contributed by atoms with Crippen LogP contribution in [0.2, 0.25) is 0 Å². The summed E-state index contributed by atoms with van der Waals surface area (Å²) >= 11 is 0. The Kier molecular flexibility index (Phi) is 6.46. The van der Waals surface area contributed by atoms with Crippen molar-refractivity contribution in [2.24, 2.45) is 12.0 Å². The van der Waals surface area contributed by atoms with Gasteiger partial charge in [-0.25, -0.2) is 9.37 Å². The number of aliphatic hydroxyl groups is 1. The molecule has 2 aromatic heterocycles. The summed E-state index contributed by atoms with van der Waals surface area (Å²) in [5.41, 5.74) is 1.95. The average Bonchev–Trinajstić information content (AvgIpc) is 3.66. The van der Waals surface area contributed by atoms with Crippen LogP contribution >= 0.6 is 0 Å². The van der Waals surface area contributed by atoms with Crippen molar-refractivity contribution in [2.75, 3.05) is 0 Å². The van der Waals surface area contributed by atoms with Crippen molar-refractivity contribution >= 4 is 16.8 Å². The maximum absolute atomic E-state index is 14.2. The van der Waals surface area contributed by atoms with Gasteiger partial charge in [-0.1, -0.05) is 18.2 Å². The number of alkyl halides is 3. The minimum absolute atomic E-state index is 0.00151. The Morgan fingerprint density at radius 3 is 2.62 bits per heavy atom. The molecule has 1 aliphatic rings. The van der Waals surface area contributed by atoms with Gasteiger partial charge in [0.25, 0.3) is 0 Å². The molecule has 0 radical (unpaired) electrons. The van der Waals surface area contributed by atoms with E-state index in [1.807, 2.05) is 0 Å². The summed E-state index contributed by atoms with van der Waals surface area (Å²) in [5.74, 6) is 0.0251. The minimum atomic E-state index is -4.67. The molecule has 0 saturated heterocycles. The van der Waals surface area contributed by atoms with Crippen molar-refractivity contribution in [3.05, 3.63) is 77.9 Å². The number of oxazole rings is 1. The first-order chi connectivity index (χ1) is 19.2. The number of benzene rings is 3. The third-order valence-corrected chi connectivity index (χ3v) is 6.97. The first-order valence-electron chi connectivity index (χ1n) is 12.6. The molecular formula is C29H23F4N5O2. The van der Waals surface area contributed by atoms with Crippen LogP contribution in [0, 0.1) is 5.82 Å². The fourth-order valence-corrected chi connectivity index (χ4v) is 5.00. The van der Waals surface area contributed by atoms with Crippen LogP contribution in [0.15, 0.2) is 70.3 Å². The number of halogens is 4. The molecule has 0 aliphatic heterocycles. The van der Waals surface area contributed by atoms with E-state index in [0.29, 0.717) is 52.2 Å². The first kappa shape index (κ1) is 25.9. The fourth-order valence-electron chi connectivity index (χ4n) is 5.00. The van der Waals surface area contributed by atoms with E-state index in [1.54, 1.807) is 41.9 Å². The maximum atomic E-state index is 14.2. The molecular weight excluding hydrogens is 526 g/mol. The van der Waals surface area contributed by atoms with Crippen LogP contribution in [0.5, 0.6) is 0 Å². The Balaban J connectivity index is 1.42. The van der Waals surface area contributed by atoms with Crippen molar-refractivity contribution < 1.29 is 27.1 Å². The molecule has 7 nitrogen and oxygen atoms in total. The molecule has 0 unspecified atom stereocenters. The second-order valence-electron chi connectivity index (χ2n) is 9.76. The van der Waals surface area contributed by atoms with Crippen LogP contribution in [0.1, 0.15) is 30.4 Å². The van der Waals surface area contributed by atoms with Crippen molar-refractivity contribution in [2.45, 2.75) is 38.1 Å². The van der Waals surface area contributed by atoms with Crippen LogP contribution in [0.4, 0.5) is 17.6 Å². The molecule has 204 valence electrons. The van der Waals surface area contributed by atoms with E-state index in [1.165, 1.54) is 24.5 Å². The summed E-state index contributed by atoms with van der Waals surface area (Å²) in [7, 11) is 1.74. The molecule has 1 fully saturated rings. The quantitative estimate of drug-likeness (QED) is 0.250. The zero-order valence-corrected chi connectivity index (χ0v) is 21.3. The third-order valence-electron chi connectivity index (χ3n) is 6.97. The number of nitrogens with zero attached hydrogens (tertiary/aromatic N) is 5. The first-order valence-corrected chi connectivity index (χ1v) is 12.6. The number of hydrogen-bond acceptors (Lipinski definition) is 6. The van der Waals surface area contributed by atoms with E-state index in [4.69, 9.17) is 4.42 Å². The molecule has 40 heavy (non-hydrogen) atoms. The van der Waals surface area contributed by atoms with Gasteiger partial charge < -0.3 is 14.1 Å². The van der Waals surface area contributed by atoms with Gasteiger partial charge in [0.05, 0.1) is 12.6 Å². The topological polar surface area (TPSA) is 89.3 Å². The van der Waals surface area contributed by atoms with E-state index >= 15 is 0 Å². The lowest BCUT2D eigenvalue weighted by Crippen LogP contribution is -2.12. The highest BCUT2D eigenvalue weighted by Crippen LogP contribution is 2.39. The van der Waals surface area contributed by atoms with E-state index < -0.39 is 23.7 Å². The fraction of sp³-hybridized carbons (Fsp3) is 0.241. The van der Waals surface area contributed by atoms with Crippen molar-refractivity contribution in [1.29, 1.82) is 0 Å². The van der Waals surface area contributed by atoms with Crippen LogP contribution in [-0.4, -0.2) is 36.7 Å². The molecule has 11 heteroatoms. The van der Waals surface area contributed by atoms with Gasteiger partial charge in [-0.3, -0.25) is 4.99 Å². The molecule has 3 aromatic carbocycles. The summed E-state index contributed by atoms with van der Waals surface area (Å²) in [6.45, 7) is -0.00151. The molecule has 0 amide bonds. The highest BCUT2D eigenvalue weighted by molar-refractivity contribution is 5.90. The number of rotatable bonds is 5. The lowest BCUT2D eigenvalue weighted by Gasteiger charge is -2.10. The molecule has 6 rings (SSSR count). The predicted molar refractivity (Wildman–Crippen MR) is 141 cm³/mol. The zero-order valence-electron chi connectivity index (χ0n) is 21.3. The van der Waals surface area contributed by atoms with E-state index in [-0.39, 0.29) is 23.5 Å². The Labute approximate surface area is 225 Å². The molecule has 0 bridgehead atoms. The molecule has 1 atom stereocenters. The summed E-state index contributed by atoms with van der Waals surface area (Å²) in [4.78, 5) is 8.76. The van der Waals surface area contributed by atoms with Crippen LogP contribution in [0.3, 0.4) is 0 Å². The number of aryl methyl sites for hydroxylation is 1. The monoisotopic (exact) mass is 549 g/mol. The summed E-state index contributed by atoms with van der Waals surface area (Å²) in [6.07, 6.45) is -1.77. The Morgan fingerprint density at radius 1 is 1.07 bits per heavy atom. The number of hydrogen-bond donors (Lipinski definition) is 1. The normalized spacial score (nSPS) is 16.9. The van der Waals surface area contributed by atoms with Gasteiger partial charge in [0, 0.05) is 23.9 Å². The van der Waals surface area contributed by atoms with Gasteiger partial charge in [0.1, 0.15) is 23.2 Å². The molecule has 2 heterocycles. The Morgan fingerprint density at radius 2 is 1.90 bits per heavy atom. The lowest BCUT2D eigenvalue weighted by molar-refractivity contribution is -0.136. The van der Waals surface area contributed by atoms with E-state index in [2.05, 4.69) is 20.2 Å². The lowest BCUT2D eigenvalue weighted by atomic mass is 9.97. The van der Waals surface area contributed by atoms with Crippen molar-refractivity contribution in [3.63, 3.8) is 0 Å². The van der Waals surface area contributed by atoms with Gasteiger partial charge in [-0.15, -0.1) is 10.2 Å². The molecule has 5 aromatic rings. The minimum Gasteiger partial charge on any atom is -0.435 e. The second-order valence-corrected chi connectivity index (χ2v) is 9.76. The van der Waals surface area contributed by atoms with Crippen LogP contribution < -0.4 is 0 Å². The largest absolute Gasteiger partial charge is 0.435 e. The summed E-state index contributed by atoms with van der Waals surface area (Å²) < 4.78 is 63.7. The smallest absolute Gasteiger partial charge is 0.420 e. The van der Waals surface area contributed by atoms with E-state index in [9.17, 15) is 22.7 Å². The third kappa shape index (κ3) is 4.88. The molecule has 1 aliphatic carbocycles. The Bertz CT molecular complexity index is 1760. The maximum Gasteiger partial charge on any atom is 0.420 e. The van der Waals surface area contributed by atoms with Crippen molar-refractivity contribution in [1.82, 2.24) is 19.7 Å². The van der Waals surface area contributed by atoms with Crippen LogP contribution in [-0.2, 0) is 19.8 Å². The van der Waals surface area contributed by atoms with Gasteiger partial charge in [-0.05, 0) is 72.4 Å². The van der Waals surface area contributed by atoms with Crippen molar-refractivity contribution in [3.8, 4) is 34.0 Å². The molecule has 0 spiro atoms. The number of aliphatic hydroxyl groups excluding tert-OH is 1. The summed E-state index contributed by atoms with van der Waals surface area (Å²) in [5, 5.41) is 18.0. The average molecular weight is 550 g/mol. The standard InChI is InChI=1S/C29H23F4N5O2/c1-38-15-35-37-27(38)21-13-19(30)8-9-20(21)17-4-2-5-18(12-17)28-36-24-11-16(14-34-23-6-3-7-25(23)39)10-22(26(24)40-28)29(31,32)33/h2,4-5,8-13,15,25,39H,3,6-7,14H2,1H3/t25-/m0/s1. The van der Waals surface area contributed by atoms with Gasteiger partial charge >= 0.3 is 6.18 Å². The highest BCUT2D eigenvalue weighted by atomic mass is 19.4. The predicted octanol–water partition coefficient (Wildman–Crippen LogP) is 6.60. The number of fused-ring (bicyclic) bond motifs is 1.